The van der Waals surface area contributed by atoms with E-state index in [0.29, 0.717) is 19.0 Å². The average molecular weight is 259 g/mol. The molecule has 0 bridgehead atoms. The summed E-state index contributed by atoms with van der Waals surface area (Å²) in [6.07, 6.45) is 6.14. The van der Waals surface area contributed by atoms with Crippen molar-refractivity contribution in [1.29, 1.82) is 0 Å². The van der Waals surface area contributed by atoms with Crippen molar-refractivity contribution < 1.29 is 0 Å². The molecule has 0 atom stereocenters. The molecule has 1 aliphatic heterocycles. The van der Waals surface area contributed by atoms with Gasteiger partial charge in [0.25, 0.3) is 0 Å². The zero-order valence-corrected chi connectivity index (χ0v) is 11.2. The molecule has 0 spiro atoms. The first-order valence-corrected chi connectivity index (χ1v) is 6.64. The second-order valence-corrected chi connectivity index (χ2v) is 4.59. The lowest BCUT2D eigenvalue weighted by Crippen LogP contribution is -2.31. The smallest absolute Gasteiger partial charge is 0.189 e. The van der Waals surface area contributed by atoms with Gasteiger partial charge in [0, 0.05) is 25.8 Å². The molecule has 2 rings (SSSR count). The maximum Gasteiger partial charge on any atom is 0.189 e. The van der Waals surface area contributed by atoms with Gasteiger partial charge in [-0.1, -0.05) is 12.1 Å². The number of nitrogens with zero attached hydrogens (tertiary/aromatic N) is 3. The third-order valence-electron chi connectivity index (χ3n) is 3.10. The fourth-order valence-electron chi connectivity index (χ4n) is 2.05. The first kappa shape index (κ1) is 13.4. The summed E-state index contributed by atoms with van der Waals surface area (Å²) in [6, 6.07) is 4.12. The molecule has 0 saturated carbocycles. The van der Waals surface area contributed by atoms with Gasteiger partial charge >= 0.3 is 0 Å². The number of anilines is 1. The topological polar surface area (TPSA) is 66.5 Å². The molecule has 19 heavy (non-hydrogen) atoms. The fraction of sp³-hybridized carbons (Fsp3) is 0.429. The molecule has 5 nitrogen and oxygen atoms in total. The molecule has 0 radical (unpaired) electrons. The molecule has 0 aromatic carbocycles. The van der Waals surface area contributed by atoms with Crippen molar-refractivity contribution in [2.24, 2.45) is 10.7 Å². The number of hydrogen-bond donors (Lipinski definition) is 2. The molecule has 1 aliphatic rings. The van der Waals surface area contributed by atoms with Crippen molar-refractivity contribution in [1.82, 2.24) is 10.3 Å². The molecule has 0 aliphatic carbocycles. The number of aliphatic imine (C=N–C) groups is 1. The molecule has 0 unspecified atom stereocenters. The van der Waals surface area contributed by atoms with Crippen molar-refractivity contribution in [2.45, 2.75) is 19.4 Å². The summed E-state index contributed by atoms with van der Waals surface area (Å²) >= 11 is 0. The van der Waals surface area contributed by atoms with Gasteiger partial charge in [0.1, 0.15) is 5.82 Å². The standard InChI is InChI=1S/C14H21N5/c1-2-7-16-14(15)18-11-12-5-6-13(17-10-12)19-8-3-4-9-19/h2,5-6,10H,1,3-4,7-9,11H2,(H3,15,16,18). The van der Waals surface area contributed by atoms with Crippen molar-refractivity contribution in [3.05, 3.63) is 36.5 Å². The van der Waals surface area contributed by atoms with Gasteiger partial charge in [-0.25, -0.2) is 9.98 Å². The molecule has 1 aromatic rings. The fourth-order valence-corrected chi connectivity index (χ4v) is 2.05. The lowest BCUT2D eigenvalue weighted by atomic mass is 10.3. The predicted molar refractivity (Wildman–Crippen MR) is 79.2 cm³/mol. The summed E-state index contributed by atoms with van der Waals surface area (Å²) in [5, 5.41) is 2.94. The maximum atomic E-state index is 5.70. The second-order valence-electron chi connectivity index (χ2n) is 4.59. The van der Waals surface area contributed by atoms with Crippen LogP contribution in [0.2, 0.25) is 0 Å². The van der Waals surface area contributed by atoms with Gasteiger partial charge in [-0.15, -0.1) is 6.58 Å². The molecule has 5 heteroatoms. The molecule has 3 N–H and O–H groups in total. The van der Waals surface area contributed by atoms with Gasteiger partial charge in [-0.3, -0.25) is 0 Å². The van der Waals surface area contributed by atoms with Crippen LogP contribution in [0.5, 0.6) is 0 Å². The normalized spacial score (nSPS) is 15.6. The van der Waals surface area contributed by atoms with Crippen molar-refractivity contribution in [3.8, 4) is 0 Å². The minimum atomic E-state index is 0.434. The molecule has 0 amide bonds. The van der Waals surface area contributed by atoms with Gasteiger partial charge in [-0.05, 0) is 24.5 Å². The van der Waals surface area contributed by atoms with E-state index in [1.165, 1.54) is 12.8 Å². The van der Waals surface area contributed by atoms with Crippen LogP contribution in [0.4, 0.5) is 5.82 Å². The SMILES string of the molecule is C=CCNC(N)=NCc1ccc(N2CCCC2)nc1. The molecule has 1 saturated heterocycles. The van der Waals surface area contributed by atoms with E-state index in [4.69, 9.17) is 5.73 Å². The predicted octanol–water partition coefficient (Wildman–Crippen LogP) is 1.27. The highest BCUT2D eigenvalue weighted by Crippen LogP contribution is 2.17. The Morgan fingerprint density at radius 2 is 2.26 bits per heavy atom. The average Bonchev–Trinajstić information content (AvgIpc) is 2.97. The van der Waals surface area contributed by atoms with Crippen LogP contribution in [0.15, 0.2) is 36.0 Å². The highest BCUT2D eigenvalue weighted by Gasteiger charge is 2.12. The second kappa shape index (κ2) is 6.78. The number of rotatable bonds is 5. The minimum Gasteiger partial charge on any atom is -0.370 e. The van der Waals surface area contributed by atoms with Gasteiger partial charge in [0.05, 0.1) is 6.54 Å². The summed E-state index contributed by atoms with van der Waals surface area (Å²) in [6.45, 7) is 7.01. The largest absolute Gasteiger partial charge is 0.370 e. The summed E-state index contributed by atoms with van der Waals surface area (Å²) in [4.78, 5) is 11.0. The summed E-state index contributed by atoms with van der Waals surface area (Å²) in [5.74, 6) is 1.49. The van der Waals surface area contributed by atoms with Crippen LogP contribution in [0.3, 0.4) is 0 Å². The first-order chi connectivity index (χ1) is 9.29. The zero-order chi connectivity index (χ0) is 13.5. The van der Waals surface area contributed by atoms with E-state index in [0.717, 1.165) is 24.5 Å². The Kier molecular flexibility index (Phi) is 4.78. The summed E-state index contributed by atoms with van der Waals surface area (Å²) in [5.41, 5.74) is 6.76. The molecule has 1 aromatic heterocycles. The van der Waals surface area contributed by atoms with E-state index < -0.39 is 0 Å². The quantitative estimate of drug-likeness (QED) is 0.475. The Hall–Kier alpha value is -2.04. The van der Waals surface area contributed by atoms with E-state index in [2.05, 4.69) is 38.9 Å². The third kappa shape index (κ3) is 3.98. The Morgan fingerprint density at radius 3 is 2.89 bits per heavy atom. The third-order valence-corrected chi connectivity index (χ3v) is 3.10. The van der Waals surface area contributed by atoms with Crippen LogP contribution in [0.1, 0.15) is 18.4 Å². The number of nitrogens with one attached hydrogen (secondary N) is 1. The van der Waals surface area contributed by atoms with Crippen LogP contribution in [-0.2, 0) is 6.54 Å². The number of pyridine rings is 1. The minimum absolute atomic E-state index is 0.434. The lowest BCUT2D eigenvalue weighted by Gasteiger charge is -2.15. The lowest BCUT2D eigenvalue weighted by molar-refractivity contribution is 0.924. The van der Waals surface area contributed by atoms with E-state index in [1.54, 1.807) is 6.08 Å². The van der Waals surface area contributed by atoms with Crippen LogP contribution >= 0.6 is 0 Å². The Balaban J connectivity index is 1.89. The highest BCUT2D eigenvalue weighted by atomic mass is 15.2. The van der Waals surface area contributed by atoms with Crippen molar-refractivity contribution >= 4 is 11.8 Å². The number of aromatic nitrogens is 1. The molecule has 1 fully saturated rings. The Bertz CT molecular complexity index is 432. The molecular formula is C14H21N5. The van der Waals surface area contributed by atoms with Crippen molar-refractivity contribution in [3.63, 3.8) is 0 Å². The van der Waals surface area contributed by atoms with Gasteiger partial charge in [0.15, 0.2) is 5.96 Å². The summed E-state index contributed by atoms with van der Waals surface area (Å²) < 4.78 is 0. The van der Waals surface area contributed by atoms with E-state index in [1.807, 2.05) is 6.20 Å². The van der Waals surface area contributed by atoms with E-state index in [-0.39, 0.29) is 0 Å². The van der Waals surface area contributed by atoms with Crippen LogP contribution in [0.25, 0.3) is 0 Å². The zero-order valence-electron chi connectivity index (χ0n) is 11.2. The van der Waals surface area contributed by atoms with E-state index in [9.17, 15) is 0 Å². The van der Waals surface area contributed by atoms with Gasteiger partial charge in [-0.2, -0.15) is 0 Å². The monoisotopic (exact) mass is 259 g/mol. The molecular weight excluding hydrogens is 238 g/mol. The molecule has 2 heterocycles. The van der Waals surface area contributed by atoms with Gasteiger partial charge in [0.2, 0.25) is 0 Å². The summed E-state index contributed by atoms with van der Waals surface area (Å²) in [7, 11) is 0. The van der Waals surface area contributed by atoms with E-state index >= 15 is 0 Å². The highest BCUT2D eigenvalue weighted by molar-refractivity contribution is 5.77. The Labute approximate surface area is 114 Å². The Morgan fingerprint density at radius 1 is 1.47 bits per heavy atom. The van der Waals surface area contributed by atoms with Gasteiger partial charge < -0.3 is 16.0 Å². The number of hydrogen-bond acceptors (Lipinski definition) is 3. The molecule has 102 valence electrons. The first-order valence-electron chi connectivity index (χ1n) is 6.64. The van der Waals surface area contributed by atoms with Crippen LogP contribution < -0.4 is 16.0 Å². The maximum absolute atomic E-state index is 5.70. The van der Waals surface area contributed by atoms with Crippen LogP contribution in [-0.4, -0.2) is 30.6 Å². The van der Waals surface area contributed by atoms with Crippen molar-refractivity contribution in [2.75, 3.05) is 24.5 Å². The van der Waals surface area contributed by atoms with Crippen LogP contribution in [0, 0.1) is 0 Å². The number of guanidine groups is 1. The number of nitrogens with two attached hydrogens (primary N) is 1.